The molecule has 1 saturated heterocycles. The first-order valence-electron chi connectivity index (χ1n) is 12.5. The molecule has 0 aliphatic carbocycles. The Hall–Kier alpha value is -2.70. The SMILES string of the molecule is C=C(c1ccc(Cl)c(Cc2cc3c(C)cc(OC(C)F)cc3n2C)c1Cl)N1CCC(CC(=O)OC)CC1. The predicted molar refractivity (Wildman–Crippen MR) is 148 cm³/mol. The Bertz CT molecular complexity index is 1330. The first-order valence-corrected chi connectivity index (χ1v) is 13.2. The number of hydrogen-bond donors (Lipinski definition) is 0. The minimum Gasteiger partial charge on any atom is -0.469 e. The van der Waals surface area contributed by atoms with Crippen LogP contribution in [0.2, 0.25) is 10.0 Å². The van der Waals surface area contributed by atoms with Gasteiger partial charge in [-0.3, -0.25) is 4.79 Å². The van der Waals surface area contributed by atoms with Gasteiger partial charge in [-0.15, -0.1) is 0 Å². The van der Waals surface area contributed by atoms with Gasteiger partial charge < -0.3 is 18.9 Å². The number of halogens is 3. The molecule has 0 N–H and O–H groups in total. The number of rotatable bonds is 8. The van der Waals surface area contributed by atoms with Gasteiger partial charge in [0.2, 0.25) is 6.36 Å². The molecule has 0 radical (unpaired) electrons. The summed E-state index contributed by atoms with van der Waals surface area (Å²) in [6.45, 7) is 9.31. The van der Waals surface area contributed by atoms with E-state index in [0.29, 0.717) is 34.6 Å². The maximum Gasteiger partial charge on any atom is 0.305 e. The fourth-order valence-electron chi connectivity index (χ4n) is 5.12. The lowest BCUT2D eigenvalue weighted by Gasteiger charge is -2.35. The molecule has 0 bridgehead atoms. The average molecular weight is 547 g/mol. The zero-order chi connectivity index (χ0) is 26.9. The summed E-state index contributed by atoms with van der Waals surface area (Å²) >= 11 is 13.6. The topological polar surface area (TPSA) is 43.7 Å². The lowest BCUT2D eigenvalue weighted by molar-refractivity contribution is -0.142. The third kappa shape index (κ3) is 5.91. The number of piperidine rings is 1. The van der Waals surface area contributed by atoms with Crippen molar-refractivity contribution in [1.29, 1.82) is 0 Å². The van der Waals surface area contributed by atoms with Crippen LogP contribution in [-0.4, -0.2) is 42.0 Å². The Labute approximate surface area is 227 Å². The number of alkyl halides is 1. The summed E-state index contributed by atoms with van der Waals surface area (Å²) in [4.78, 5) is 13.9. The summed E-state index contributed by atoms with van der Waals surface area (Å²) in [6, 6.07) is 9.61. The standard InChI is InChI=1S/C29H33Cl2FN2O3/c1-17-12-22(37-19(3)32)16-27-24(17)14-21(33(27)4)15-25-26(30)7-6-23(29(25)31)18(2)34-10-8-20(9-11-34)13-28(35)36-5/h6-7,12,14,16,19-20H,2,8-11,13,15H2,1,3-5H3. The zero-order valence-corrected chi connectivity index (χ0v) is 23.3. The molecule has 198 valence electrons. The van der Waals surface area contributed by atoms with E-state index >= 15 is 0 Å². The van der Waals surface area contributed by atoms with Crippen LogP contribution in [0.3, 0.4) is 0 Å². The van der Waals surface area contributed by atoms with Crippen LogP contribution >= 0.6 is 23.2 Å². The van der Waals surface area contributed by atoms with Crippen molar-refractivity contribution in [2.24, 2.45) is 13.0 Å². The number of benzene rings is 2. The summed E-state index contributed by atoms with van der Waals surface area (Å²) in [5.41, 5.74) is 5.53. The van der Waals surface area contributed by atoms with Gasteiger partial charge in [-0.1, -0.05) is 29.8 Å². The highest BCUT2D eigenvalue weighted by atomic mass is 35.5. The van der Waals surface area contributed by atoms with E-state index in [1.165, 1.54) is 14.0 Å². The largest absolute Gasteiger partial charge is 0.469 e. The predicted octanol–water partition coefficient (Wildman–Crippen LogP) is 7.32. The third-order valence-corrected chi connectivity index (χ3v) is 8.06. The minimum absolute atomic E-state index is 0.160. The summed E-state index contributed by atoms with van der Waals surface area (Å²) < 4.78 is 25.6. The monoisotopic (exact) mass is 546 g/mol. The molecule has 3 aromatic rings. The average Bonchev–Trinajstić information content (AvgIpc) is 3.17. The van der Waals surface area contributed by atoms with Crippen molar-refractivity contribution >= 4 is 45.8 Å². The molecule has 1 aromatic heterocycles. The van der Waals surface area contributed by atoms with Crippen molar-refractivity contribution in [1.82, 2.24) is 9.47 Å². The van der Waals surface area contributed by atoms with Gasteiger partial charge >= 0.3 is 5.97 Å². The number of carbonyl (C=O) groups excluding carboxylic acids is 1. The number of fused-ring (bicyclic) bond motifs is 1. The van der Waals surface area contributed by atoms with Crippen LogP contribution in [-0.2, 0) is 23.0 Å². The van der Waals surface area contributed by atoms with Gasteiger partial charge in [0, 0.05) is 73.3 Å². The van der Waals surface area contributed by atoms with Gasteiger partial charge in [0.25, 0.3) is 0 Å². The van der Waals surface area contributed by atoms with Crippen LogP contribution < -0.4 is 4.74 Å². The van der Waals surface area contributed by atoms with Crippen molar-refractivity contribution in [2.45, 2.75) is 45.9 Å². The molecule has 0 amide bonds. The second-order valence-electron chi connectivity index (χ2n) is 9.75. The molecule has 37 heavy (non-hydrogen) atoms. The van der Waals surface area contributed by atoms with Crippen LogP contribution in [0.15, 0.2) is 36.9 Å². The molecule has 1 fully saturated rings. The summed E-state index contributed by atoms with van der Waals surface area (Å²) in [5, 5.41) is 2.25. The lowest BCUT2D eigenvalue weighted by Crippen LogP contribution is -2.33. The number of nitrogens with zero attached hydrogens (tertiary/aromatic N) is 2. The molecule has 2 heterocycles. The molecular weight excluding hydrogens is 514 g/mol. The van der Waals surface area contributed by atoms with E-state index in [1.807, 2.05) is 38.2 Å². The Balaban J connectivity index is 1.57. The summed E-state index contributed by atoms with van der Waals surface area (Å²) in [6.07, 6.45) is 1.39. The Kier molecular flexibility index (Phi) is 8.39. The highest BCUT2D eigenvalue weighted by molar-refractivity contribution is 6.37. The molecular formula is C29H33Cl2FN2O3. The number of carbonyl (C=O) groups is 1. The fourth-order valence-corrected chi connectivity index (χ4v) is 5.73. The second-order valence-corrected chi connectivity index (χ2v) is 10.5. The number of likely N-dealkylation sites (tertiary alicyclic amines) is 1. The lowest BCUT2D eigenvalue weighted by atomic mass is 9.92. The zero-order valence-electron chi connectivity index (χ0n) is 21.7. The van der Waals surface area contributed by atoms with E-state index in [2.05, 4.69) is 22.1 Å². The van der Waals surface area contributed by atoms with E-state index in [-0.39, 0.29) is 5.97 Å². The first-order chi connectivity index (χ1) is 17.6. The molecule has 1 unspecified atom stereocenters. The Morgan fingerprint density at radius 2 is 1.92 bits per heavy atom. The molecule has 1 aliphatic rings. The van der Waals surface area contributed by atoms with E-state index < -0.39 is 6.36 Å². The highest BCUT2D eigenvalue weighted by Crippen LogP contribution is 2.37. The number of methoxy groups -OCH3 is 1. The highest BCUT2D eigenvalue weighted by Gasteiger charge is 2.25. The molecule has 2 aromatic carbocycles. The number of aromatic nitrogens is 1. The molecule has 4 rings (SSSR count). The summed E-state index contributed by atoms with van der Waals surface area (Å²) in [7, 11) is 3.40. The van der Waals surface area contributed by atoms with Crippen molar-refractivity contribution in [3.05, 3.63) is 69.3 Å². The Morgan fingerprint density at radius 1 is 1.22 bits per heavy atom. The molecule has 5 nitrogen and oxygen atoms in total. The molecule has 0 spiro atoms. The maximum absolute atomic E-state index is 13.4. The maximum atomic E-state index is 13.4. The van der Waals surface area contributed by atoms with Crippen molar-refractivity contribution in [3.8, 4) is 5.75 Å². The van der Waals surface area contributed by atoms with Crippen LogP contribution in [0.5, 0.6) is 5.75 Å². The van der Waals surface area contributed by atoms with Gasteiger partial charge in [0.15, 0.2) is 0 Å². The third-order valence-electron chi connectivity index (χ3n) is 7.27. The van der Waals surface area contributed by atoms with Crippen molar-refractivity contribution in [2.75, 3.05) is 20.2 Å². The summed E-state index contributed by atoms with van der Waals surface area (Å²) in [5.74, 6) is 0.658. The van der Waals surface area contributed by atoms with Crippen LogP contribution in [0, 0.1) is 12.8 Å². The van der Waals surface area contributed by atoms with Crippen molar-refractivity contribution < 1.29 is 18.7 Å². The van der Waals surface area contributed by atoms with Crippen molar-refractivity contribution in [3.63, 3.8) is 0 Å². The normalized spacial score (nSPS) is 15.2. The second kappa shape index (κ2) is 11.4. The molecule has 1 aliphatic heterocycles. The van der Waals surface area contributed by atoms with Crippen LogP contribution in [0.4, 0.5) is 4.39 Å². The van der Waals surface area contributed by atoms with Gasteiger partial charge in [-0.2, -0.15) is 0 Å². The Morgan fingerprint density at radius 3 is 2.57 bits per heavy atom. The number of ether oxygens (including phenoxy) is 2. The van der Waals surface area contributed by atoms with E-state index in [9.17, 15) is 9.18 Å². The fraction of sp³-hybridized carbons (Fsp3) is 0.414. The van der Waals surface area contributed by atoms with Gasteiger partial charge in [0.1, 0.15) is 5.75 Å². The first kappa shape index (κ1) is 27.3. The smallest absolute Gasteiger partial charge is 0.305 e. The quantitative estimate of drug-likeness (QED) is 0.277. The molecule has 0 saturated carbocycles. The van der Waals surface area contributed by atoms with E-state index in [4.69, 9.17) is 32.7 Å². The number of aryl methyl sites for hydroxylation is 2. The minimum atomic E-state index is -1.39. The van der Waals surface area contributed by atoms with E-state index in [0.717, 1.165) is 64.9 Å². The van der Waals surface area contributed by atoms with Gasteiger partial charge in [-0.25, -0.2) is 4.39 Å². The number of esters is 1. The van der Waals surface area contributed by atoms with Crippen LogP contribution in [0.1, 0.15) is 48.6 Å². The van der Waals surface area contributed by atoms with Crippen LogP contribution in [0.25, 0.3) is 16.6 Å². The van der Waals surface area contributed by atoms with E-state index in [1.54, 1.807) is 0 Å². The molecule has 8 heteroatoms. The van der Waals surface area contributed by atoms with Gasteiger partial charge in [-0.05, 0) is 61.1 Å². The molecule has 1 atom stereocenters. The van der Waals surface area contributed by atoms with Gasteiger partial charge in [0.05, 0.1) is 17.6 Å². The number of hydrogen-bond acceptors (Lipinski definition) is 4.